The Labute approximate surface area is 145 Å². The summed E-state index contributed by atoms with van der Waals surface area (Å²) < 4.78 is 12.8. The van der Waals surface area contributed by atoms with E-state index in [4.69, 9.17) is 9.47 Å². The Balaban J connectivity index is 1.73. The normalized spacial score (nSPS) is 34.4. The molecule has 3 fully saturated rings. The van der Waals surface area contributed by atoms with Crippen LogP contribution in [0.3, 0.4) is 0 Å². The first-order chi connectivity index (χ1) is 11.1. The Hall–Kier alpha value is -0.870. The Morgan fingerprint density at radius 3 is 2.87 bits per heavy atom. The van der Waals surface area contributed by atoms with Gasteiger partial charge in [-0.1, -0.05) is 29.3 Å². The van der Waals surface area contributed by atoms with Crippen LogP contribution in [-0.4, -0.2) is 18.5 Å². The molecule has 1 aromatic rings. The van der Waals surface area contributed by atoms with Gasteiger partial charge in [-0.05, 0) is 55.7 Å². The number of fused-ring (bicyclic) bond motifs is 3. The fourth-order valence-corrected chi connectivity index (χ4v) is 5.23. The van der Waals surface area contributed by atoms with Crippen LogP contribution in [0.15, 0.2) is 16.6 Å². The number of ketones is 1. The first kappa shape index (κ1) is 15.6. The lowest BCUT2D eigenvalue weighted by molar-refractivity contribution is -0.127. The highest BCUT2D eigenvalue weighted by atomic mass is 79.9. The molecule has 4 rings (SSSR count). The predicted molar refractivity (Wildman–Crippen MR) is 91.7 cm³/mol. The van der Waals surface area contributed by atoms with Crippen LogP contribution in [0, 0.1) is 11.8 Å². The van der Waals surface area contributed by atoms with Crippen LogP contribution in [0.5, 0.6) is 5.75 Å². The second-order valence-corrected chi connectivity index (χ2v) is 8.06. The zero-order chi connectivity index (χ0) is 16.2. The molecular formula is C19H23BrO3. The molecule has 23 heavy (non-hydrogen) atoms. The van der Waals surface area contributed by atoms with Crippen LogP contribution in [0.2, 0.25) is 0 Å². The average Bonchev–Trinajstić information content (AvgIpc) is 2.96. The lowest BCUT2D eigenvalue weighted by Crippen LogP contribution is -2.32. The topological polar surface area (TPSA) is 38.8 Å². The fraction of sp³-hybridized carbons (Fsp3) is 0.632. The van der Waals surface area contributed by atoms with Gasteiger partial charge in [0.1, 0.15) is 11.9 Å². The van der Waals surface area contributed by atoms with Crippen molar-refractivity contribution in [3.8, 4) is 5.75 Å². The number of hydrogen-bond donors (Lipinski definition) is 0. The minimum Gasteiger partial charge on any atom is -0.496 e. The zero-order valence-corrected chi connectivity index (χ0v) is 15.3. The molecule has 4 atom stereocenters. The molecule has 4 unspecified atom stereocenters. The number of carbonyl (C=O) groups excluding carboxylic acids is 1. The van der Waals surface area contributed by atoms with Gasteiger partial charge in [0.15, 0.2) is 11.4 Å². The lowest BCUT2D eigenvalue weighted by Gasteiger charge is -2.19. The number of unbranched alkanes of at least 4 members (excludes halogenated alkanes) is 1. The zero-order valence-electron chi connectivity index (χ0n) is 13.7. The number of carbonyl (C=O) groups is 1. The van der Waals surface area contributed by atoms with Crippen molar-refractivity contribution >= 4 is 21.7 Å². The second kappa shape index (κ2) is 5.59. The molecule has 1 aromatic carbocycles. The summed E-state index contributed by atoms with van der Waals surface area (Å²) in [4.78, 5) is 12.8. The van der Waals surface area contributed by atoms with Crippen LogP contribution in [0.1, 0.15) is 56.3 Å². The van der Waals surface area contributed by atoms with Crippen LogP contribution < -0.4 is 4.74 Å². The maximum atomic E-state index is 12.8. The van der Waals surface area contributed by atoms with E-state index in [2.05, 4.69) is 28.9 Å². The maximum Gasteiger partial charge on any atom is 0.171 e. The van der Waals surface area contributed by atoms with Gasteiger partial charge in [0.25, 0.3) is 0 Å². The molecule has 2 bridgehead atoms. The Morgan fingerprint density at radius 2 is 2.22 bits per heavy atom. The van der Waals surface area contributed by atoms with Crippen LogP contribution in [0.25, 0.3) is 0 Å². The molecule has 1 saturated heterocycles. The van der Waals surface area contributed by atoms with Crippen molar-refractivity contribution in [2.45, 2.75) is 57.2 Å². The van der Waals surface area contributed by atoms with E-state index in [-0.39, 0.29) is 12.0 Å². The van der Waals surface area contributed by atoms with E-state index in [0.717, 1.165) is 54.3 Å². The smallest absolute Gasteiger partial charge is 0.171 e. The molecule has 1 heterocycles. The van der Waals surface area contributed by atoms with E-state index in [9.17, 15) is 4.79 Å². The molecule has 124 valence electrons. The molecular weight excluding hydrogens is 356 g/mol. The Morgan fingerprint density at radius 1 is 1.39 bits per heavy atom. The quantitative estimate of drug-likeness (QED) is 0.702. The summed E-state index contributed by atoms with van der Waals surface area (Å²) in [5, 5.41) is 0. The maximum absolute atomic E-state index is 12.8. The summed E-state index contributed by atoms with van der Waals surface area (Å²) in [6.07, 6.45) is 6.40. The Bertz CT molecular complexity index is 656. The van der Waals surface area contributed by atoms with Gasteiger partial charge < -0.3 is 9.47 Å². The lowest BCUT2D eigenvalue weighted by atomic mass is 9.81. The number of ether oxygens (including phenoxy) is 2. The fourth-order valence-electron chi connectivity index (χ4n) is 4.75. The summed E-state index contributed by atoms with van der Waals surface area (Å²) in [5.41, 5.74) is 1.85. The molecule has 4 heteroatoms. The molecule has 2 saturated carbocycles. The molecule has 0 N–H and O–H groups in total. The van der Waals surface area contributed by atoms with Gasteiger partial charge in [0.2, 0.25) is 0 Å². The van der Waals surface area contributed by atoms with E-state index < -0.39 is 5.60 Å². The summed E-state index contributed by atoms with van der Waals surface area (Å²) in [6.45, 7) is 2.20. The molecule has 2 aliphatic carbocycles. The number of epoxide rings is 1. The van der Waals surface area contributed by atoms with Crippen molar-refractivity contribution in [3.05, 3.63) is 27.7 Å². The van der Waals surface area contributed by atoms with Crippen molar-refractivity contribution in [3.63, 3.8) is 0 Å². The van der Waals surface area contributed by atoms with E-state index in [0.29, 0.717) is 11.7 Å². The molecule has 3 aliphatic rings. The molecule has 0 aromatic heterocycles. The minimum atomic E-state index is -0.523. The number of aryl methyl sites for hydroxylation is 1. The third-order valence-corrected chi connectivity index (χ3v) is 6.37. The highest BCUT2D eigenvalue weighted by Crippen LogP contribution is 2.67. The first-order valence-corrected chi connectivity index (χ1v) is 9.49. The molecule has 1 aliphatic heterocycles. The summed E-state index contributed by atoms with van der Waals surface area (Å²) in [7, 11) is 1.70. The Kier molecular flexibility index (Phi) is 3.80. The van der Waals surface area contributed by atoms with Crippen molar-refractivity contribution in [2.75, 3.05) is 7.11 Å². The van der Waals surface area contributed by atoms with Crippen LogP contribution >= 0.6 is 15.9 Å². The number of rotatable bonds is 5. The van der Waals surface area contributed by atoms with Crippen molar-refractivity contribution in [1.29, 1.82) is 0 Å². The molecule has 0 amide bonds. The highest BCUT2D eigenvalue weighted by molar-refractivity contribution is 9.10. The van der Waals surface area contributed by atoms with Crippen molar-refractivity contribution in [2.24, 2.45) is 11.8 Å². The SMILES string of the molecule is CCCCc1cc(Br)cc(OC)c1C1OC12C(=O)C1CCC2C1. The van der Waals surface area contributed by atoms with Gasteiger partial charge in [-0.15, -0.1) is 0 Å². The summed E-state index contributed by atoms with van der Waals surface area (Å²) in [5.74, 6) is 1.86. The third-order valence-electron chi connectivity index (χ3n) is 5.91. The van der Waals surface area contributed by atoms with E-state index in [1.807, 2.05) is 6.07 Å². The number of benzene rings is 1. The first-order valence-electron chi connectivity index (χ1n) is 8.70. The minimum absolute atomic E-state index is 0.0970. The predicted octanol–water partition coefficient (Wildman–Crippen LogP) is 4.61. The largest absolute Gasteiger partial charge is 0.496 e. The second-order valence-electron chi connectivity index (χ2n) is 7.15. The molecule has 3 nitrogen and oxygen atoms in total. The van der Waals surface area contributed by atoms with E-state index in [1.165, 1.54) is 5.56 Å². The number of methoxy groups -OCH3 is 1. The number of hydrogen-bond acceptors (Lipinski definition) is 3. The van der Waals surface area contributed by atoms with Gasteiger partial charge in [0, 0.05) is 16.0 Å². The average molecular weight is 379 g/mol. The monoisotopic (exact) mass is 378 g/mol. The van der Waals surface area contributed by atoms with Crippen molar-refractivity contribution < 1.29 is 14.3 Å². The van der Waals surface area contributed by atoms with Gasteiger partial charge in [0.05, 0.1) is 7.11 Å². The molecule has 1 spiro atoms. The molecule has 0 radical (unpaired) electrons. The van der Waals surface area contributed by atoms with Gasteiger partial charge in [-0.3, -0.25) is 4.79 Å². The van der Waals surface area contributed by atoms with Crippen LogP contribution in [0.4, 0.5) is 0 Å². The van der Waals surface area contributed by atoms with E-state index in [1.54, 1.807) is 7.11 Å². The van der Waals surface area contributed by atoms with Crippen LogP contribution in [-0.2, 0) is 16.0 Å². The van der Waals surface area contributed by atoms with Gasteiger partial charge in [-0.25, -0.2) is 0 Å². The van der Waals surface area contributed by atoms with Crippen molar-refractivity contribution in [1.82, 2.24) is 0 Å². The standard InChI is InChI=1S/C19H23BrO3/c1-3-4-5-11-9-14(20)10-15(22-2)16(11)18-19(23-18)13-7-6-12(8-13)17(19)21/h9-10,12-13,18H,3-8H2,1-2H3. The highest BCUT2D eigenvalue weighted by Gasteiger charge is 2.74. The number of Topliss-reactive ketones (excluding diaryl/α,β-unsaturated/α-hetero) is 1. The van der Waals surface area contributed by atoms with Gasteiger partial charge >= 0.3 is 0 Å². The number of halogens is 1. The van der Waals surface area contributed by atoms with E-state index >= 15 is 0 Å². The summed E-state index contributed by atoms with van der Waals surface area (Å²) >= 11 is 3.58. The van der Waals surface area contributed by atoms with Gasteiger partial charge in [-0.2, -0.15) is 0 Å². The third kappa shape index (κ3) is 2.21. The summed E-state index contributed by atoms with van der Waals surface area (Å²) in [6, 6.07) is 4.17.